The van der Waals surface area contributed by atoms with Crippen molar-refractivity contribution in [3.8, 4) is 0 Å². The normalized spacial score (nSPS) is 16.9. The Morgan fingerprint density at radius 1 is 1.16 bits per heavy atom. The Morgan fingerprint density at radius 2 is 1.88 bits per heavy atom. The maximum absolute atomic E-state index is 12.2. The Kier molecular flexibility index (Phi) is 5.42. The van der Waals surface area contributed by atoms with Gasteiger partial charge in [-0.2, -0.15) is 0 Å². The lowest BCUT2D eigenvalue weighted by Crippen LogP contribution is -2.33. The highest BCUT2D eigenvalue weighted by molar-refractivity contribution is 7.89. The Balaban J connectivity index is 1.66. The van der Waals surface area contributed by atoms with E-state index in [2.05, 4.69) is 4.72 Å². The maximum Gasteiger partial charge on any atom is 0.239 e. The van der Waals surface area contributed by atoms with Crippen molar-refractivity contribution in [3.63, 3.8) is 0 Å². The second-order valence-corrected chi connectivity index (χ2v) is 8.02. The SMILES string of the molecule is O=C(C[C@H]1OCCc2ccccc21)NS(=O)(=O)Cc1ccccc1Cl. The van der Waals surface area contributed by atoms with Gasteiger partial charge in [0.2, 0.25) is 15.9 Å². The number of halogens is 1. The average Bonchev–Trinajstić information content (AvgIpc) is 2.56. The average molecular weight is 380 g/mol. The van der Waals surface area contributed by atoms with Gasteiger partial charge in [-0.1, -0.05) is 54.1 Å². The van der Waals surface area contributed by atoms with Crippen molar-refractivity contribution in [3.05, 3.63) is 70.2 Å². The molecule has 1 heterocycles. The number of nitrogens with one attached hydrogen (secondary N) is 1. The molecule has 2 aromatic carbocycles. The first-order valence-electron chi connectivity index (χ1n) is 7.91. The highest BCUT2D eigenvalue weighted by Gasteiger charge is 2.25. The minimum absolute atomic E-state index is 0.0429. The molecule has 0 saturated carbocycles. The van der Waals surface area contributed by atoms with E-state index in [1.807, 2.05) is 24.3 Å². The van der Waals surface area contributed by atoms with E-state index in [4.69, 9.17) is 16.3 Å². The lowest BCUT2D eigenvalue weighted by Gasteiger charge is -2.25. The van der Waals surface area contributed by atoms with Crippen LogP contribution in [0.4, 0.5) is 0 Å². The first-order chi connectivity index (χ1) is 11.9. The van der Waals surface area contributed by atoms with E-state index in [-0.39, 0.29) is 12.2 Å². The van der Waals surface area contributed by atoms with Crippen LogP contribution in [-0.2, 0) is 31.7 Å². The molecule has 0 spiro atoms. The van der Waals surface area contributed by atoms with E-state index in [9.17, 15) is 13.2 Å². The molecular formula is C18H18ClNO4S. The summed E-state index contributed by atoms with van der Waals surface area (Å²) in [7, 11) is -3.82. The van der Waals surface area contributed by atoms with Gasteiger partial charge in [-0.3, -0.25) is 9.52 Å². The number of rotatable bonds is 5. The molecule has 0 radical (unpaired) electrons. The topological polar surface area (TPSA) is 72.5 Å². The van der Waals surface area contributed by atoms with Crippen LogP contribution in [0.1, 0.15) is 29.2 Å². The van der Waals surface area contributed by atoms with Gasteiger partial charge in [0.1, 0.15) is 0 Å². The van der Waals surface area contributed by atoms with Gasteiger partial charge in [0.15, 0.2) is 0 Å². The molecule has 0 aromatic heterocycles. The zero-order valence-electron chi connectivity index (χ0n) is 13.4. The molecule has 0 aliphatic carbocycles. The summed E-state index contributed by atoms with van der Waals surface area (Å²) in [6.45, 7) is 0.515. The summed E-state index contributed by atoms with van der Waals surface area (Å²) in [5.41, 5.74) is 2.52. The minimum atomic E-state index is -3.82. The number of ether oxygens (including phenoxy) is 1. The molecule has 2 aromatic rings. The zero-order valence-corrected chi connectivity index (χ0v) is 15.0. The van der Waals surface area contributed by atoms with Crippen molar-refractivity contribution in [1.29, 1.82) is 0 Å². The number of sulfonamides is 1. The first-order valence-corrected chi connectivity index (χ1v) is 9.94. The van der Waals surface area contributed by atoms with Gasteiger partial charge >= 0.3 is 0 Å². The monoisotopic (exact) mass is 379 g/mol. The molecule has 1 amide bonds. The summed E-state index contributed by atoms with van der Waals surface area (Å²) in [6.07, 6.45) is 0.318. The van der Waals surface area contributed by atoms with Gasteiger partial charge < -0.3 is 4.74 Å². The Labute approximate surface area is 152 Å². The fourth-order valence-corrected chi connectivity index (χ4v) is 4.33. The Bertz CT molecular complexity index is 882. The summed E-state index contributed by atoms with van der Waals surface area (Å²) in [6, 6.07) is 14.4. The molecule has 25 heavy (non-hydrogen) atoms. The van der Waals surface area contributed by atoms with Gasteiger partial charge in [0.25, 0.3) is 0 Å². The number of hydrogen-bond acceptors (Lipinski definition) is 4. The highest BCUT2D eigenvalue weighted by atomic mass is 35.5. The Hall–Kier alpha value is -1.89. The van der Waals surface area contributed by atoms with Crippen LogP contribution in [0.5, 0.6) is 0 Å². The molecule has 5 nitrogen and oxygen atoms in total. The summed E-state index contributed by atoms with van der Waals surface area (Å²) in [5.74, 6) is -0.936. The summed E-state index contributed by atoms with van der Waals surface area (Å²) in [5, 5.41) is 0.352. The smallest absolute Gasteiger partial charge is 0.239 e. The summed E-state index contributed by atoms with van der Waals surface area (Å²) >= 11 is 5.98. The zero-order chi connectivity index (χ0) is 17.9. The van der Waals surface area contributed by atoms with Gasteiger partial charge in [0.05, 0.1) is 24.9 Å². The van der Waals surface area contributed by atoms with Crippen LogP contribution in [0.2, 0.25) is 5.02 Å². The third-order valence-electron chi connectivity index (χ3n) is 4.04. The molecule has 0 fully saturated rings. The van der Waals surface area contributed by atoms with Crippen molar-refractivity contribution in [1.82, 2.24) is 4.72 Å². The second-order valence-electron chi connectivity index (χ2n) is 5.89. The Morgan fingerprint density at radius 3 is 2.68 bits per heavy atom. The predicted molar refractivity (Wildman–Crippen MR) is 95.7 cm³/mol. The maximum atomic E-state index is 12.2. The molecule has 1 aliphatic rings. The standard InChI is InChI=1S/C18H18ClNO4S/c19-16-8-4-2-6-14(16)12-25(22,23)20-18(21)11-17-15-7-3-1-5-13(15)9-10-24-17/h1-8,17H,9-12H2,(H,20,21)/t17-/m1/s1. The molecule has 0 bridgehead atoms. The van der Waals surface area contributed by atoms with Crippen molar-refractivity contribution >= 4 is 27.5 Å². The van der Waals surface area contributed by atoms with Crippen molar-refractivity contribution in [2.75, 3.05) is 6.61 Å². The van der Waals surface area contributed by atoms with Crippen molar-refractivity contribution in [2.45, 2.75) is 24.7 Å². The fraction of sp³-hybridized carbons (Fsp3) is 0.278. The number of benzene rings is 2. The number of fused-ring (bicyclic) bond motifs is 1. The fourth-order valence-electron chi connectivity index (χ4n) is 2.89. The van der Waals surface area contributed by atoms with E-state index in [0.29, 0.717) is 17.2 Å². The number of amides is 1. The number of hydrogen-bond donors (Lipinski definition) is 1. The summed E-state index contributed by atoms with van der Waals surface area (Å²) < 4.78 is 32.2. The lowest BCUT2D eigenvalue weighted by molar-refractivity contribution is -0.122. The number of carbonyl (C=O) groups is 1. The van der Waals surface area contributed by atoms with E-state index in [1.54, 1.807) is 24.3 Å². The molecule has 1 aliphatic heterocycles. The molecule has 1 atom stereocenters. The molecule has 7 heteroatoms. The van der Waals surface area contributed by atoms with Gasteiger partial charge in [-0.25, -0.2) is 8.42 Å². The predicted octanol–water partition coefficient (Wildman–Crippen LogP) is 2.99. The summed E-state index contributed by atoms with van der Waals surface area (Å²) in [4.78, 5) is 12.2. The van der Waals surface area contributed by atoms with Gasteiger partial charge in [-0.05, 0) is 29.2 Å². The minimum Gasteiger partial charge on any atom is -0.373 e. The lowest BCUT2D eigenvalue weighted by atomic mass is 9.96. The highest BCUT2D eigenvalue weighted by Crippen LogP contribution is 2.29. The van der Waals surface area contributed by atoms with E-state index in [1.165, 1.54) is 0 Å². The molecule has 3 rings (SSSR count). The van der Waals surface area contributed by atoms with E-state index >= 15 is 0 Å². The third-order valence-corrected chi connectivity index (χ3v) is 5.63. The van der Waals surface area contributed by atoms with E-state index < -0.39 is 22.0 Å². The first kappa shape index (κ1) is 17.9. The van der Waals surface area contributed by atoms with Crippen LogP contribution in [0.15, 0.2) is 48.5 Å². The number of carbonyl (C=O) groups excluding carboxylic acids is 1. The van der Waals surface area contributed by atoms with Crippen LogP contribution in [0.3, 0.4) is 0 Å². The van der Waals surface area contributed by atoms with E-state index in [0.717, 1.165) is 17.5 Å². The van der Waals surface area contributed by atoms with Crippen LogP contribution in [-0.4, -0.2) is 20.9 Å². The van der Waals surface area contributed by atoms with Gasteiger partial charge in [0, 0.05) is 5.02 Å². The molecule has 1 N–H and O–H groups in total. The third kappa shape index (κ3) is 4.60. The van der Waals surface area contributed by atoms with Crippen LogP contribution >= 0.6 is 11.6 Å². The van der Waals surface area contributed by atoms with Crippen LogP contribution < -0.4 is 4.72 Å². The van der Waals surface area contributed by atoms with Gasteiger partial charge in [-0.15, -0.1) is 0 Å². The molecular weight excluding hydrogens is 362 g/mol. The van der Waals surface area contributed by atoms with Crippen molar-refractivity contribution < 1.29 is 17.9 Å². The molecule has 0 unspecified atom stereocenters. The second kappa shape index (κ2) is 7.56. The molecule has 0 saturated heterocycles. The van der Waals surface area contributed by atoms with Crippen LogP contribution in [0, 0.1) is 0 Å². The van der Waals surface area contributed by atoms with Crippen LogP contribution in [0.25, 0.3) is 0 Å². The van der Waals surface area contributed by atoms with Crippen molar-refractivity contribution in [2.24, 2.45) is 0 Å². The largest absolute Gasteiger partial charge is 0.373 e. The molecule has 132 valence electrons. The quantitative estimate of drug-likeness (QED) is 0.866.